The Balaban J connectivity index is 1.76. The second kappa shape index (κ2) is 8.18. The predicted octanol–water partition coefficient (Wildman–Crippen LogP) is 5.00. The number of amides is 1. The Morgan fingerprint density at radius 3 is 2.48 bits per heavy atom. The van der Waals surface area contributed by atoms with E-state index in [-0.39, 0.29) is 11.9 Å². The quantitative estimate of drug-likeness (QED) is 0.460. The topological polar surface area (TPSA) is 80.6 Å². The number of nitrogens with one attached hydrogen (secondary N) is 2. The van der Waals surface area contributed by atoms with Crippen LogP contribution in [0.5, 0.6) is 0 Å². The highest BCUT2D eigenvalue weighted by Crippen LogP contribution is 2.31. The van der Waals surface area contributed by atoms with Crippen LogP contribution in [0.4, 0.5) is 11.4 Å². The summed E-state index contributed by atoms with van der Waals surface area (Å²) in [5.74, 6) is 0.0589. The van der Waals surface area contributed by atoms with Gasteiger partial charge in [-0.15, -0.1) is 0 Å². The predicted molar refractivity (Wildman–Crippen MR) is 107 cm³/mol. The molecular formula is C20H20N2O4S. The van der Waals surface area contributed by atoms with E-state index < -0.39 is 0 Å². The van der Waals surface area contributed by atoms with Crippen LogP contribution in [0.15, 0.2) is 51.8 Å². The van der Waals surface area contributed by atoms with E-state index in [0.717, 1.165) is 21.7 Å². The number of benzene rings is 2. The molecule has 0 radical (unpaired) electrons. The summed E-state index contributed by atoms with van der Waals surface area (Å²) in [6.07, 6.45) is 0. The van der Waals surface area contributed by atoms with Gasteiger partial charge in [0.15, 0.2) is 0 Å². The molecule has 0 aliphatic carbocycles. The van der Waals surface area contributed by atoms with Gasteiger partial charge in [0.2, 0.25) is 5.91 Å². The van der Waals surface area contributed by atoms with Crippen molar-refractivity contribution in [3.8, 4) is 0 Å². The molecule has 140 valence electrons. The fourth-order valence-corrected chi connectivity index (χ4v) is 3.30. The van der Waals surface area contributed by atoms with Crippen LogP contribution in [-0.4, -0.2) is 18.5 Å². The monoisotopic (exact) mass is 384 g/mol. The summed E-state index contributed by atoms with van der Waals surface area (Å²) in [7, 11) is 0. The number of furan rings is 1. The molecule has 0 saturated carbocycles. The van der Waals surface area contributed by atoms with Crippen LogP contribution >= 0.6 is 11.9 Å². The number of fused-ring (bicyclic) bond motifs is 1. The van der Waals surface area contributed by atoms with Gasteiger partial charge in [-0.1, -0.05) is 0 Å². The minimum absolute atomic E-state index is 0.102. The van der Waals surface area contributed by atoms with E-state index in [4.69, 9.17) is 9.15 Å². The molecule has 6 nitrogen and oxygen atoms in total. The molecule has 0 fully saturated rings. The molecule has 2 N–H and O–H groups in total. The van der Waals surface area contributed by atoms with E-state index >= 15 is 0 Å². The Labute approximate surface area is 161 Å². The van der Waals surface area contributed by atoms with Crippen LogP contribution in [0.25, 0.3) is 11.0 Å². The molecule has 0 atom stereocenters. The van der Waals surface area contributed by atoms with E-state index in [1.54, 1.807) is 13.8 Å². The maximum Gasteiger partial charge on any atom is 0.342 e. The summed E-state index contributed by atoms with van der Waals surface area (Å²) < 4.78 is 14.0. The van der Waals surface area contributed by atoms with E-state index in [2.05, 4.69) is 10.0 Å². The fourth-order valence-electron chi connectivity index (χ4n) is 2.67. The first-order valence-corrected chi connectivity index (χ1v) is 9.30. The van der Waals surface area contributed by atoms with Crippen LogP contribution in [0.2, 0.25) is 0 Å². The summed E-state index contributed by atoms with van der Waals surface area (Å²) in [4.78, 5) is 24.3. The van der Waals surface area contributed by atoms with Crippen molar-refractivity contribution in [2.24, 2.45) is 0 Å². The molecule has 27 heavy (non-hydrogen) atoms. The molecule has 0 aliphatic heterocycles. The Bertz CT molecular complexity index is 980. The van der Waals surface area contributed by atoms with E-state index in [9.17, 15) is 9.59 Å². The van der Waals surface area contributed by atoms with E-state index in [1.165, 1.54) is 18.9 Å². The molecule has 0 saturated heterocycles. The lowest BCUT2D eigenvalue weighted by Crippen LogP contribution is -2.05. The Morgan fingerprint density at radius 2 is 1.81 bits per heavy atom. The Morgan fingerprint density at radius 1 is 1.11 bits per heavy atom. The van der Waals surface area contributed by atoms with Crippen LogP contribution < -0.4 is 10.0 Å². The first-order valence-electron chi connectivity index (χ1n) is 8.48. The summed E-state index contributed by atoms with van der Waals surface area (Å²) in [6, 6.07) is 13.1. The first kappa shape index (κ1) is 18.8. The molecule has 0 aliphatic rings. The van der Waals surface area contributed by atoms with E-state index in [0.29, 0.717) is 23.5 Å². The molecule has 3 aromatic rings. The summed E-state index contributed by atoms with van der Waals surface area (Å²) >= 11 is 1.43. The zero-order valence-electron chi connectivity index (χ0n) is 15.3. The molecule has 7 heteroatoms. The number of anilines is 2. The second-order valence-electron chi connectivity index (χ2n) is 5.87. The average molecular weight is 384 g/mol. The Hall–Kier alpha value is -2.93. The lowest BCUT2D eigenvalue weighted by atomic mass is 10.1. The maximum atomic E-state index is 12.2. The van der Waals surface area contributed by atoms with Gasteiger partial charge in [0.1, 0.15) is 16.9 Å². The second-order valence-corrected chi connectivity index (χ2v) is 6.75. The van der Waals surface area contributed by atoms with Crippen molar-refractivity contribution in [2.45, 2.75) is 25.7 Å². The molecule has 0 spiro atoms. The highest BCUT2D eigenvalue weighted by atomic mass is 32.2. The van der Waals surface area contributed by atoms with Crippen LogP contribution in [-0.2, 0) is 9.53 Å². The van der Waals surface area contributed by atoms with Crippen LogP contribution in [0.3, 0.4) is 0 Å². The minimum Gasteiger partial charge on any atom is -0.462 e. The summed E-state index contributed by atoms with van der Waals surface area (Å²) in [5.41, 5.74) is 2.69. The van der Waals surface area contributed by atoms with Gasteiger partial charge < -0.3 is 19.2 Å². The fraction of sp³-hybridized carbons (Fsp3) is 0.200. The van der Waals surface area contributed by atoms with Gasteiger partial charge in [-0.2, -0.15) is 0 Å². The van der Waals surface area contributed by atoms with Gasteiger partial charge >= 0.3 is 5.97 Å². The van der Waals surface area contributed by atoms with Crippen molar-refractivity contribution in [1.82, 2.24) is 0 Å². The molecule has 1 heterocycles. The number of ether oxygens (including phenoxy) is 1. The third kappa shape index (κ3) is 4.43. The van der Waals surface area contributed by atoms with Gasteiger partial charge in [-0.3, -0.25) is 4.79 Å². The molecule has 0 unspecified atom stereocenters. The zero-order chi connectivity index (χ0) is 19.4. The number of hydrogen-bond donors (Lipinski definition) is 2. The molecule has 3 rings (SSSR count). The number of rotatable bonds is 6. The standard InChI is InChI=1S/C20H20N2O4S/c1-4-25-20(24)19-12(2)26-18-10-7-15(11-17(18)19)22-27-16-8-5-14(6-9-16)21-13(3)23/h5-11,22H,4H2,1-3H3,(H,21,23). The van der Waals surface area contributed by atoms with Crippen molar-refractivity contribution in [2.75, 3.05) is 16.6 Å². The smallest absolute Gasteiger partial charge is 0.342 e. The summed E-state index contributed by atoms with van der Waals surface area (Å²) in [5, 5.41) is 3.45. The molecule has 1 aromatic heterocycles. The number of carbonyl (C=O) groups is 2. The average Bonchev–Trinajstić information content (AvgIpc) is 2.96. The number of aryl methyl sites for hydroxylation is 1. The van der Waals surface area contributed by atoms with Crippen LogP contribution in [0, 0.1) is 6.92 Å². The lowest BCUT2D eigenvalue weighted by Gasteiger charge is -2.07. The SMILES string of the molecule is CCOC(=O)c1c(C)oc2ccc(NSc3ccc(NC(C)=O)cc3)cc12. The molecule has 0 bridgehead atoms. The van der Waals surface area contributed by atoms with Gasteiger partial charge in [0.05, 0.1) is 6.61 Å². The van der Waals surface area contributed by atoms with Gasteiger partial charge in [-0.25, -0.2) is 4.79 Å². The molecular weight excluding hydrogens is 364 g/mol. The lowest BCUT2D eigenvalue weighted by molar-refractivity contribution is -0.114. The zero-order valence-corrected chi connectivity index (χ0v) is 16.1. The van der Waals surface area contributed by atoms with Gasteiger partial charge in [-0.05, 0) is 68.3 Å². The number of esters is 1. The minimum atomic E-state index is -0.382. The number of hydrogen-bond acceptors (Lipinski definition) is 6. The third-order valence-corrected chi connectivity index (χ3v) is 4.65. The highest BCUT2D eigenvalue weighted by Gasteiger charge is 2.19. The van der Waals surface area contributed by atoms with Gasteiger partial charge in [0.25, 0.3) is 0 Å². The van der Waals surface area contributed by atoms with Crippen LogP contribution in [0.1, 0.15) is 30.0 Å². The normalized spacial score (nSPS) is 10.6. The van der Waals surface area contributed by atoms with Crippen molar-refractivity contribution in [1.29, 1.82) is 0 Å². The van der Waals surface area contributed by atoms with Crippen molar-refractivity contribution in [3.05, 3.63) is 53.8 Å². The van der Waals surface area contributed by atoms with Crippen molar-refractivity contribution < 1.29 is 18.7 Å². The molecule has 2 aromatic carbocycles. The van der Waals surface area contributed by atoms with Crippen molar-refractivity contribution >= 4 is 46.2 Å². The first-order chi connectivity index (χ1) is 13.0. The largest absolute Gasteiger partial charge is 0.462 e. The Kier molecular flexibility index (Phi) is 5.71. The van der Waals surface area contributed by atoms with Gasteiger partial charge in [0, 0.05) is 28.6 Å². The third-order valence-electron chi connectivity index (χ3n) is 3.80. The van der Waals surface area contributed by atoms with E-state index in [1.807, 2.05) is 42.5 Å². The van der Waals surface area contributed by atoms with Crippen molar-refractivity contribution in [3.63, 3.8) is 0 Å². The highest BCUT2D eigenvalue weighted by molar-refractivity contribution is 8.00. The summed E-state index contributed by atoms with van der Waals surface area (Å²) in [6.45, 7) is 5.32. The maximum absolute atomic E-state index is 12.2. The number of carbonyl (C=O) groups excluding carboxylic acids is 2. The molecule has 1 amide bonds.